The van der Waals surface area contributed by atoms with Crippen LogP contribution < -0.4 is 26.6 Å². The maximum atomic E-state index is 14.0. The third kappa shape index (κ3) is 10.0. The normalized spacial score (nSPS) is 16.5. The van der Waals surface area contributed by atoms with E-state index in [0.717, 1.165) is 24.5 Å². The van der Waals surface area contributed by atoms with Gasteiger partial charge in [-0.1, -0.05) is 44.2 Å². The van der Waals surface area contributed by atoms with E-state index in [0.29, 0.717) is 39.1 Å². The number of nitrogens with one attached hydrogen (secondary N) is 3. The van der Waals surface area contributed by atoms with E-state index in [9.17, 15) is 18.0 Å². The molecule has 1 heterocycles. The Morgan fingerprint density at radius 2 is 1.72 bits per heavy atom. The fourth-order valence-electron chi connectivity index (χ4n) is 4.69. The highest BCUT2D eigenvalue weighted by Gasteiger charge is 2.43. The van der Waals surface area contributed by atoms with Crippen molar-refractivity contribution in [1.82, 2.24) is 10.6 Å². The molecule has 0 bridgehead atoms. The fraction of sp³-hybridized carbons (Fsp3) is 0.552. The van der Waals surface area contributed by atoms with E-state index in [1.54, 1.807) is 18.2 Å². The molecular formula is C29H42F3N5O2. The molecule has 1 fully saturated rings. The summed E-state index contributed by atoms with van der Waals surface area (Å²) < 4.78 is 47.5. The van der Waals surface area contributed by atoms with Crippen LogP contribution in [0.1, 0.15) is 44.7 Å². The molecular weight excluding hydrogens is 507 g/mol. The average molecular weight is 550 g/mol. The molecule has 0 aromatic heterocycles. The van der Waals surface area contributed by atoms with Crippen LogP contribution in [0.15, 0.2) is 54.6 Å². The van der Waals surface area contributed by atoms with Gasteiger partial charge in [-0.25, -0.2) is 0 Å². The van der Waals surface area contributed by atoms with Crippen LogP contribution >= 0.6 is 0 Å². The third-order valence-electron chi connectivity index (χ3n) is 6.75. The molecule has 3 rings (SSSR count). The van der Waals surface area contributed by atoms with Gasteiger partial charge in [0.25, 0.3) is 0 Å². The molecule has 216 valence electrons. The summed E-state index contributed by atoms with van der Waals surface area (Å²) >= 11 is 0. The van der Waals surface area contributed by atoms with E-state index in [2.05, 4.69) is 20.9 Å². The van der Waals surface area contributed by atoms with E-state index in [1.807, 2.05) is 38.1 Å². The van der Waals surface area contributed by atoms with Gasteiger partial charge in [0, 0.05) is 37.1 Å². The quantitative estimate of drug-likeness (QED) is 0.278. The highest BCUT2D eigenvalue weighted by atomic mass is 19.4. The Kier molecular flexibility index (Phi) is 11.9. The molecule has 0 radical (unpaired) electrons. The van der Waals surface area contributed by atoms with Gasteiger partial charge in [-0.3, -0.25) is 10.1 Å². The Morgan fingerprint density at radius 3 is 2.31 bits per heavy atom. The Hall–Kier alpha value is -2.82. The summed E-state index contributed by atoms with van der Waals surface area (Å²) in [5, 5.41) is 8.97. The van der Waals surface area contributed by atoms with Crippen molar-refractivity contribution >= 4 is 17.3 Å². The van der Waals surface area contributed by atoms with Crippen molar-refractivity contribution < 1.29 is 22.7 Å². The summed E-state index contributed by atoms with van der Waals surface area (Å²) in [5.74, 6) is -0.427. The van der Waals surface area contributed by atoms with E-state index in [1.165, 1.54) is 12.1 Å². The zero-order chi connectivity index (χ0) is 28.3. The number of anilines is 2. The van der Waals surface area contributed by atoms with E-state index >= 15 is 0 Å². The number of rotatable bonds is 14. The first-order chi connectivity index (χ1) is 18.7. The lowest BCUT2D eigenvalue weighted by atomic mass is 9.99. The molecule has 1 aliphatic rings. The summed E-state index contributed by atoms with van der Waals surface area (Å²) in [5.41, 5.74) is 7.82. The van der Waals surface area contributed by atoms with E-state index < -0.39 is 24.2 Å². The lowest BCUT2D eigenvalue weighted by Crippen LogP contribution is -2.52. The molecule has 7 nitrogen and oxygen atoms in total. The molecule has 39 heavy (non-hydrogen) atoms. The first-order valence-corrected chi connectivity index (χ1v) is 13.7. The first kappa shape index (κ1) is 30.7. The molecule has 0 spiro atoms. The SMILES string of the molecule is CC(C)C[C@H](N[C@@H](c1ccccc1)C(F)(F)F)C(=O)N[C@@H](CCCN)CNc1ccc(N2CCOCC2)cc1. The largest absolute Gasteiger partial charge is 0.407 e. The maximum absolute atomic E-state index is 14.0. The number of morpholine rings is 1. The molecule has 3 atom stereocenters. The number of amides is 1. The smallest absolute Gasteiger partial charge is 0.383 e. The molecule has 0 aliphatic carbocycles. The van der Waals surface area contributed by atoms with Gasteiger partial charge in [-0.15, -0.1) is 0 Å². The number of halogens is 3. The molecule has 2 aromatic carbocycles. The summed E-state index contributed by atoms with van der Waals surface area (Å²) in [6.07, 6.45) is -2.99. The second kappa shape index (κ2) is 15.1. The number of carbonyl (C=O) groups is 1. The van der Waals surface area contributed by atoms with Gasteiger partial charge in [-0.2, -0.15) is 13.2 Å². The monoisotopic (exact) mass is 549 g/mol. The van der Waals surface area contributed by atoms with Crippen LogP contribution in [-0.2, 0) is 9.53 Å². The summed E-state index contributed by atoms with van der Waals surface area (Å²) in [6.45, 7) is 7.80. The van der Waals surface area contributed by atoms with Crippen molar-refractivity contribution in [2.24, 2.45) is 11.7 Å². The molecule has 10 heteroatoms. The highest BCUT2D eigenvalue weighted by molar-refractivity contribution is 5.82. The van der Waals surface area contributed by atoms with Crippen LogP contribution in [0.5, 0.6) is 0 Å². The molecule has 1 amide bonds. The van der Waals surface area contributed by atoms with Crippen LogP contribution in [0.2, 0.25) is 0 Å². The van der Waals surface area contributed by atoms with Crippen molar-refractivity contribution in [2.75, 3.05) is 49.6 Å². The van der Waals surface area contributed by atoms with Crippen molar-refractivity contribution in [2.45, 2.75) is 57.4 Å². The second-order valence-corrected chi connectivity index (χ2v) is 10.4. The Labute approximate surface area is 229 Å². The first-order valence-electron chi connectivity index (χ1n) is 13.7. The van der Waals surface area contributed by atoms with Crippen molar-refractivity contribution in [3.05, 3.63) is 60.2 Å². The van der Waals surface area contributed by atoms with Crippen LogP contribution in [-0.4, -0.2) is 63.6 Å². The Balaban J connectivity index is 1.66. The van der Waals surface area contributed by atoms with Gasteiger partial charge in [-0.05, 0) is 61.6 Å². The van der Waals surface area contributed by atoms with Gasteiger partial charge >= 0.3 is 6.18 Å². The minimum absolute atomic E-state index is 0.0171. The number of carbonyl (C=O) groups excluding carboxylic acids is 1. The molecule has 1 aliphatic heterocycles. The minimum atomic E-state index is -4.55. The molecule has 2 aromatic rings. The topological polar surface area (TPSA) is 91.7 Å². The van der Waals surface area contributed by atoms with Gasteiger partial charge in [0.15, 0.2) is 0 Å². The number of hydrogen-bond donors (Lipinski definition) is 4. The lowest BCUT2D eigenvalue weighted by Gasteiger charge is -2.30. The van der Waals surface area contributed by atoms with Gasteiger partial charge in [0.2, 0.25) is 5.91 Å². The van der Waals surface area contributed by atoms with Crippen LogP contribution in [0, 0.1) is 5.92 Å². The zero-order valence-corrected chi connectivity index (χ0v) is 22.8. The van der Waals surface area contributed by atoms with Crippen molar-refractivity contribution in [3.8, 4) is 0 Å². The number of hydrogen-bond acceptors (Lipinski definition) is 6. The molecule has 0 unspecified atom stereocenters. The van der Waals surface area contributed by atoms with Crippen molar-refractivity contribution in [1.29, 1.82) is 0 Å². The number of ether oxygens (including phenoxy) is 1. The average Bonchev–Trinajstić information content (AvgIpc) is 2.92. The Morgan fingerprint density at radius 1 is 1.05 bits per heavy atom. The van der Waals surface area contributed by atoms with Gasteiger partial charge in [0.05, 0.1) is 19.3 Å². The second-order valence-electron chi connectivity index (χ2n) is 10.4. The maximum Gasteiger partial charge on any atom is 0.407 e. The zero-order valence-electron chi connectivity index (χ0n) is 22.8. The number of alkyl halides is 3. The lowest BCUT2D eigenvalue weighted by molar-refractivity contribution is -0.161. The summed E-state index contributed by atoms with van der Waals surface area (Å²) in [7, 11) is 0. The summed E-state index contributed by atoms with van der Waals surface area (Å²) in [4.78, 5) is 15.6. The Bertz CT molecular complexity index is 983. The van der Waals surface area contributed by atoms with Crippen LogP contribution in [0.3, 0.4) is 0 Å². The highest BCUT2D eigenvalue weighted by Crippen LogP contribution is 2.33. The predicted octanol–water partition coefficient (Wildman–Crippen LogP) is 4.47. The molecule has 1 saturated heterocycles. The van der Waals surface area contributed by atoms with Crippen LogP contribution in [0.25, 0.3) is 0 Å². The fourth-order valence-corrected chi connectivity index (χ4v) is 4.69. The number of benzene rings is 2. The number of nitrogens with zero attached hydrogens (tertiary/aromatic N) is 1. The minimum Gasteiger partial charge on any atom is -0.383 e. The van der Waals surface area contributed by atoms with Crippen molar-refractivity contribution in [3.63, 3.8) is 0 Å². The standard InChI is InChI=1S/C29H42F3N5O2/c1-21(2)19-26(36-27(29(30,31)32)22-7-4-3-5-8-22)28(38)35-24(9-6-14-33)20-34-23-10-12-25(13-11-23)37-15-17-39-18-16-37/h3-5,7-8,10-13,21,24,26-27,34,36H,6,9,14-20,33H2,1-2H3,(H,35,38)/t24-,26-,27-/m0/s1. The van der Waals surface area contributed by atoms with E-state index in [-0.39, 0.29) is 23.9 Å². The molecule has 0 saturated carbocycles. The van der Waals surface area contributed by atoms with Crippen LogP contribution in [0.4, 0.5) is 24.5 Å². The molecule has 5 N–H and O–H groups in total. The van der Waals surface area contributed by atoms with Gasteiger partial charge < -0.3 is 26.0 Å². The van der Waals surface area contributed by atoms with E-state index in [4.69, 9.17) is 10.5 Å². The predicted molar refractivity (Wildman–Crippen MR) is 150 cm³/mol. The number of nitrogens with two attached hydrogens (primary N) is 1. The summed E-state index contributed by atoms with van der Waals surface area (Å²) in [6, 6.07) is 12.5. The van der Waals surface area contributed by atoms with Gasteiger partial charge in [0.1, 0.15) is 6.04 Å². The third-order valence-corrected chi connectivity index (χ3v) is 6.75.